The summed E-state index contributed by atoms with van der Waals surface area (Å²) < 4.78 is 33.3. The molecule has 0 amide bonds. The Bertz CT molecular complexity index is 831. The Kier molecular flexibility index (Phi) is 8.38. The zero-order chi connectivity index (χ0) is 20.4. The molecule has 0 fully saturated rings. The Hall–Kier alpha value is -2.48. The second-order valence-corrected chi connectivity index (χ2v) is 8.99. The molecule has 0 aliphatic carbocycles. The number of furan rings is 1. The summed E-state index contributed by atoms with van der Waals surface area (Å²) in [6.45, 7) is 3.10. The predicted octanol–water partition coefficient (Wildman–Crippen LogP) is 2.39. The van der Waals surface area contributed by atoms with Gasteiger partial charge in [-0.3, -0.25) is 0 Å². The summed E-state index contributed by atoms with van der Waals surface area (Å²) in [5, 5.41) is 6.57. The summed E-state index contributed by atoms with van der Waals surface area (Å²) >= 11 is 0. The third-order valence-electron chi connectivity index (χ3n) is 4.13. The molecule has 0 saturated carbocycles. The first-order chi connectivity index (χ1) is 13.4. The molecule has 0 aliphatic heterocycles. The van der Waals surface area contributed by atoms with Crippen LogP contribution in [0.25, 0.3) is 0 Å². The molecular weight excluding hydrogens is 378 g/mol. The fraction of sp³-hybridized carbons (Fsp3) is 0.450. The molecular formula is C20H29N3O4S. The Morgan fingerprint density at radius 1 is 1.25 bits per heavy atom. The summed E-state index contributed by atoms with van der Waals surface area (Å²) in [5.41, 5.74) is 1.05. The molecule has 0 spiro atoms. The van der Waals surface area contributed by atoms with Crippen LogP contribution in [0.4, 0.5) is 0 Å². The average Bonchev–Trinajstić information content (AvgIpc) is 3.17. The van der Waals surface area contributed by atoms with Gasteiger partial charge in [0.25, 0.3) is 0 Å². The molecule has 7 nitrogen and oxygen atoms in total. The number of guanidine groups is 1. The quantitative estimate of drug-likeness (QED) is 0.464. The molecule has 1 aromatic heterocycles. The van der Waals surface area contributed by atoms with Crippen molar-refractivity contribution >= 4 is 15.8 Å². The number of sulfone groups is 1. The van der Waals surface area contributed by atoms with Crippen molar-refractivity contribution in [3.63, 3.8) is 0 Å². The van der Waals surface area contributed by atoms with Crippen molar-refractivity contribution in [3.05, 3.63) is 54.0 Å². The van der Waals surface area contributed by atoms with Crippen molar-refractivity contribution in [2.75, 3.05) is 25.7 Å². The van der Waals surface area contributed by atoms with Crippen LogP contribution in [0.5, 0.6) is 5.75 Å². The highest BCUT2D eigenvalue weighted by Gasteiger charge is 2.10. The van der Waals surface area contributed by atoms with E-state index in [0.29, 0.717) is 25.5 Å². The summed E-state index contributed by atoms with van der Waals surface area (Å²) in [5.74, 6) is 2.48. The maximum absolute atomic E-state index is 11.4. The number of rotatable bonds is 10. The molecule has 0 saturated heterocycles. The van der Waals surface area contributed by atoms with E-state index in [4.69, 9.17) is 9.15 Å². The number of hydrogen-bond acceptors (Lipinski definition) is 5. The second-order valence-electron chi connectivity index (χ2n) is 6.73. The smallest absolute Gasteiger partial charge is 0.191 e. The van der Waals surface area contributed by atoms with Gasteiger partial charge in [-0.2, -0.15) is 0 Å². The van der Waals surface area contributed by atoms with E-state index in [2.05, 4.69) is 15.6 Å². The van der Waals surface area contributed by atoms with E-state index in [1.807, 2.05) is 43.3 Å². The lowest BCUT2D eigenvalue weighted by Crippen LogP contribution is -2.43. The summed E-state index contributed by atoms with van der Waals surface area (Å²) in [6.07, 6.45) is 4.15. The highest BCUT2D eigenvalue weighted by molar-refractivity contribution is 7.90. The van der Waals surface area contributed by atoms with Crippen LogP contribution < -0.4 is 15.4 Å². The molecule has 0 bridgehead atoms. The molecule has 1 heterocycles. The zero-order valence-corrected chi connectivity index (χ0v) is 17.5. The second kappa shape index (κ2) is 10.8. The maximum atomic E-state index is 11.4. The average molecular weight is 408 g/mol. The van der Waals surface area contributed by atoms with Gasteiger partial charge in [0.1, 0.15) is 21.3 Å². The lowest BCUT2D eigenvalue weighted by Gasteiger charge is -2.18. The van der Waals surface area contributed by atoms with Gasteiger partial charge in [0.2, 0.25) is 0 Å². The number of nitrogens with zero attached hydrogens (tertiary/aromatic N) is 1. The molecule has 154 valence electrons. The largest absolute Gasteiger partial charge is 0.497 e. The minimum atomic E-state index is -2.99. The first-order valence-corrected chi connectivity index (χ1v) is 11.3. The molecule has 0 radical (unpaired) electrons. The molecule has 1 unspecified atom stereocenters. The molecule has 28 heavy (non-hydrogen) atoms. The van der Waals surface area contributed by atoms with Crippen LogP contribution in [0.3, 0.4) is 0 Å². The van der Waals surface area contributed by atoms with Gasteiger partial charge in [0.15, 0.2) is 5.96 Å². The van der Waals surface area contributed by atoms with E-state index in [0.717, 1.165) is 23.5 Å². The lowest BCUT2D eigenvalue weighted by atomic mass is 10.2. The Morgan fingerprint density at radius 3 is 2.61 bits per heavy atom. The number of nitrogens with one attached hydrogen (secondary N) is 2. The molecule has 1 aromatic carbocycles. The van der Waals surface area contributed by atoms with Crippen LogP contribution in [0.2, 0.25) is 0 Å². The van der Waals surface area contributed by atoms with Crippen molar-refractivity contribution in [2.45, 2.75) is 32.4 Å². The van der Waals surface area contributed by atoms with E-state index < -0.39 is 9.84 Å². The fourth-order valence-electron chi connectivity index (χ4n) is 2.51. The van der Waals surface area contributed by atoms with Crippen molar-refractivity contribution in [1.29, 1.82) is 0 Å². The summed E-state index contributed by atoms with van der Waals surface area (Å²) in [6, 6.07) is 11.5. The van der Waals surface area contributed by atoms with Crippen LogP contribution >= 0.6 is 0 Å². The predicted molar refractivity (Wildman–Crippen MR) is 111 cm³/mol. The van der Waals surface area contributed by atoms with E-state index >= 15 is 0 Å². The Balaban J connectivity index is 1.96. The monoisotopic (exact) mass is 407 g/mol. The number of ether oxygens (including phenoxy) is 1. The van der Waals surface area contributed by atoms with Gasteiger partial charge in [0, 0.05) is 25.3 Å². The van der Waals surface area contributed by atoms with Gasteiger partial charge in [-0.25, -0.2) is 13.4 Å². The summed E-state index contributed by atoms with van der Waals surface area (Å²) in [4.78, 5) is 4.63. The van der Waals surface area contributed by atoms with Crippen LogP contribution in [0, 0.1) is 0 Å². The highest BCUT2D eigenvalue weighted by atomic mass is 32.2. The van der Waals surface area contributed by atoms with Gasteiger partial charge >= 0.3 is 0 Å². The van der Waals surface area contributed by atoms with Crippen LogP contribution in [-0.4, -0.2) is 46.1 Å². The first kappa shape index (κ1) is 21.8. The van der Waals surface area contributed by atoms with Crippen LogP contribution in [-0.2, 0) is 22.8 Å². The number of aliphatic imine (C=N–C) groups is 1. The molecule has 2 aromatic rings. The number of hydrogen-bond donors (Lipinski definition) is 2. The molecule has 8 heteroatoms. The van der Waals surface area contributed by atoms with Crippen LogP contribution in [0.1, 0.15) is 24.7 Å². The first-order valence-electron chi connectivity index (χ1n) is 9.23. The van der Waals surface area contributed by atoms with Crippen molar-refractivity contribution in [3.8, 4) is 5.75 Å². The van der Waals surface area contributed by atoms with Crippen molar-refractivity contribution in [2.24, 2.45) is 4.99 Å². The fourth-order valence-corrected chi connectivity index (χ4v) is 3.29. The third-order valence-corrected chi connectivity index (χ3v) is 5.10. The number of methoxy groups -OCH3 is 1. The van der Waals surface area contributed by atoms with Gasteiger partial charge in [-0.1, -0.05) is 12.1 Å². The lowest BCUT2D eigenvalue weighted by molar-refractivity contribution is 0.414. The van der Waals surface area contributed by atoms with E-state index in [-0.39, 0.29) is 11.8 Å². The summed E-state index contributed by atoms with van der Waals surface area (Å²) in [7, 11) is -1.35. The van der Waals surface area contributed by atoms with Gasteiger partial charge in [0.05, 0.1) is 25.7 Å². The van der Waals surface area contributed by atoms with Gasteiger partial charge in [-0.05, 0) is 43.2 Å². The Labute approximate surface area is 167 Å². The SMILES string of the molecule is COc1ccc(CN=C(NCCc2ccco2)NC(C)CCS(C)(=O)=O)cc1. The topological polar surface area (TPSA) is 92.9 Å². The zero-order valence-electron chi connectivity index (χ0n) is 16.6. The van der Waals surface area contributed by atoms with E-state index in [1.54, 1.807) is 13.4 Å². The molecule has 2 rings (SSSR count). The van der Waals surface area contributed by atoms with Crippen LogP contribution in [0.15, 0.2) is 52.1 Å². The standard InChI is InChI=1S/C20H29N3O4S/c1-16(11-14-28(3,24)25)23-20(21-12-10-19-5-4-13-27-19)22-15-17-6-8-18(26-2)9-7-17/h4-9,13,16H,10-12,14-15H2,1-3H3,(H2,21,22,23). The van der Waals surface area contributed by atoms with E-state index in [1.165, 1.54) is 6.26 Å². The van der Waals surface area contributed by atoms with E-state index in [9.17, 15) is 8.42 Å². The molecule has 2 N–H and O–H groups in total. The van der Waals surface area contributed by atoms with Gasteiger partial charge < -0.3 is 19.8 Å². The minimum Gasteiger partial charge on any atom is -0.497 e. The molecule has 1 atom stereocenters. The van der Waals surface area contributed by atoms with Crippen molar-refractivity contribution < 1.29 is 17.6 Å². The highest BCUT2D eigenvalue weighted by Crippen LogP contribution is 2.12. The van der Waals surface area contributed by atoms with Gasteiger partial charge in [-0.15, -0.1) is 0 Å². The minimum absolute atomic E-state index is 0.0274. The molecule has 0 aliphatic rings. The maximum Gasteiger partial charge on any atom is 0.191 e. The normalized spacial score (nSPS) is 13.2. The third kappa shape index (κ3) is 8.47. The van der Waals surface area contributed by atoms with Crippen molar-refractivity contribution in [1.82, 2.24) is 10.6 Å². The Morgan fingerprint density at radius 2 is 2.00 bits per heavy atom. The number of benzene rings is 1.